The summed E-state index contributed by atoms with van der Waals surface area (Å²) in [6.45, 7) is 4.42. The van der Waals surface area contributed by atoms with Crippen LogP contribution in [0.15, 0.2) is 60.7 Å². The zero-order valence-corrected chi connectivity index (χ0v) is 11.2. The zero-order valence-electron chi connectivity index (χ0n) is 10.3. The van der Waals surface area contributed by atoms with Crippen LogP contribution in [0.3, 0.4) is 0 Å². The van der Waals surface area contributed by atoms with Gasteiger partial charge in [-0.15, -0.1) is 0 Å². The Morgan fingerprint density at radius 2 is 1.18 bits per heavy atom. The molecule has 0 heterocycles. The van der Waals surface area contributed by atoms with E-state index in [1.54, 1.807) is 0 Å². The van der Waals surface area contributed by atoms with Crippen molar-refractivity contribution in [2.45, 2.75) is 24.5 Å². The molecule has 0 bridgehead atoms. The second-order valence-corrected chi connectivity index (χ2v) is 5.38. The molecule has 0 radical (unpaired) electrons. The lowest BCUT2D eigenvalue weighted by Crippen LogP contribution is -2.32. The molecule has 0 N–H and O–H groups in total. The maximum Gasteiger partial charge on any atom is 0.0288 e. The summed E-state index contributed by atoms with van der Waals surface area (Å²) < 4.78 is 0. The first-order valence-corrected chi connectivity index (χ1v) is 6.46. The molecular formula is C16H18S. The molecule has 0 aliphatic rings. The van der Waals surface area contributed by atoms with Crippen molar-refractivity contribution in [1.29, 1.82) is 0 Å². The number of hydrogen-bond acceptors (Lipinski definition) is 1. The van der Waals surface area contributed by atoms with Crippen LogP contribution in [0.4, 0.5) is 0 Å². The van der Waals surface area contributed by atoms with Crippen molar-refractivity contribution in [3.8, 4) is 0 Å². The van der Waals surface area contributed by atoms with Gasteiger partial charge in [-0.25, -0.2) is 0 Å². The minimum absolute atomic E-state index is 0.0500. The molecule has 0 aliphatic carbocycles. The van der Waals surface area contributed by atoms with E-state index in [1.807, 2.05) is 0 Å². The Hall–Kier alpha value is -1.21. The Balaban J connectivity index is 2.55. The van der Waals surface area contributed by atoms with Gasteiger partial charge >= 0.3 is 0 Å². The van der Waals surface area contributed by atoms with Gasteiger partial charge in [0, 0.05) is 10.7 Å². The van der Waals surface area contributed by atoms with Crippen LogP contribution in [0.2, 0.25) is 0 Å². The molecule has 0 saturated carbocycles. The Morgan fingerprint density at radius 3 is 1.47 bits per heavy atom. The highest BCUT2D eigenvalue weighted by atomic mass is 32.1. The lowest BCUT2D eigenvalue weighted by molar-refractivity contribution is 0.567. The van der Waals surface area contributed by atoms with Gasteiger partial charge in [0.25, 0.3) is 0 Å². The Morgan fingerprint density at radius 1 is 0.824 bits per heavy atom. The van der Waals surface area contributed by atoms with E-state index >= 15 is 0 Å². The largest absolute Gasteiger partial charge is 0.175 e. The fraction of sp³-hybridized carbons (Fsp3) is 0.250. The van der Waals surface area contributed by atoms with Crippen molar-refractivity contribution >= 4 is 12.6 Å². The van der Waals surface area contributed by atoms with Gasteiger partial charge < -0.3 is 0 Å². The maximum atomic E-state index is 4.70. The number of rotatable bonds is 3. The van der Waals surface area contributed by atoms with E-state index in [-0.39, 0.29) is 10.7 Å². The monoisotopic (exact) mass is 242 g/mol. The highest BCUT2D eigenvalue weighted by Gasteiger charge is 2.32. The second kappa shape index (κ2) is 4.97. The molecule has 0 nitrogen and oxygen atoms in total. The molecular weight excluding hydrogens is 224 g/mol. The van der Waals surface area contributed by atoms with Crippen LogP contribution in [0.1, 0.15) is 25.0 Å². The number of thiol groups is 1. The van der Waals surface area contributed by atoms with E-state index in [2.05, 4.69) is 74.5 Å². The van der Waals surface area contributed by atoms with Gasteiger partial charge in [-0.05, 0) is 11.1 Å². The third-order valence-corrected chi connectivity index (χ3v) is 4.10. The molecule has 0 fully saturated rings. The van der Waals surface area contributed by atoms with Gasteiger partial charge in [-0.3, -0.25) is 0 Å². The Bertz CT molecular complexity index is 420. The van der Waals surface area contributed by atoms with Gasteiger partial charge in [0.15, 0.2) is 0 Å². The quantitative estimate of drug-likeness (QED) is 0.762. The van der Waals surface area contributed by atoms with E-state index < -0.39 is 0 Å². The van der Waals surface area contributed by atoms with Crippen LogP contribution in [0.5, 0.6) is 0 Å². The number of hydrogen-bond donors (Lipinski definition) is 1. The summed E-state index contributed by atoms with van der Waals surface area (Å²) in [7, 11) is 0. The third kappa shape index (κ3) is 2.25. The average molecular weight is 242 g/mol. The number of benzene rings is 2. The van der Waals surface area contributed by atoms with E-state index in [0.717, 1.165) is 0 Å². The molecule has 0 saturated heterocycles. The first kappa shape index (κ1) is 12.3. The Kier molecular flexibility index (Phi) is 3.58. The fourth-order valence-electron chi connectivity index (χ4n) is 2.22. The fourth-order valence-corrected chi connectivity index (χ4v) is 2.52. The molecule has 2 aromatic rings. The smallest absolute Gasteiger partial charge is 0.0288 e. The summed E-state index contributed by atoms with van der Waals surface area (Å²) in [4.78, 5) is 0. The first-order chi connectivity index (χ1) is 8.15. The third-order valence-electron chi connectivity index (χ3n) is 3.58. The van der Waals surface area contributed by atoms with Gasteiger partial charge in [0.05, 0.1) is 0 Å². The van der Waals surface area contributed by atoms with Crippen molar-refractivity contribution < 1.29 is 0 Å². The molecule has 0 amide bonds. The molecule has 2 rings (SSSR count). The maximum absolute atomic E-state index is 4.70. The molecule has 88 valence electrons. The van der Waals surface area contributed by atoms with Crippen molar-refractivity contribution in [3.05, 3.63) is 71.8 Å². The summed E-state index contributed by atoms with van der Waals surface area (Å²) in [5.41, 5.74) is 2.58. The molecule has 1 heteroatoms. The molecule has 1 atom stereocenters. The zero-order chi connectivity index (χ0) is 12.3. The minimum atomic E-state index is -0.0500. The molecule has 0 aliphatic heterocycles. The van der Waals surface area contributed by atoms with E-state index in [0.29, 0.717) is 0 Å². The van der Waals surface area contributed by atoms with Crippen LogP contribution in [0.25, 0.3) is 0 Å². The SMILES string of the molecule is CC(S)C(C)(c1ccccc1)c1ccccc1. The normalized spacial score (nSPS) is 13.4. The van der Waals surface area contributed by atoms with Crippen LogP contribution in [0, 0.1) is 0 Å². The predicted molar refractivity (Wildman–Crippen MR) is 77.8 cm³/mol. The standard InChI is InChI=1S/C16H18S/c1-13(17)16(2,14-9-5-3-6-10-14)15-11-7-4-8-12-15/h3-13,17H,1-2H3. The lowest BCUT2D eigenvalue weighted by atomic mass is 9.74. The van der Waals surface area contributed by atoms with E-state index in [1.165, 1.54) is 11.1 Å². The highest BCUT2D eigenvalue weighted by molar-refractivity contribution is 7.81. The van der Waals surface area contributed by atoms with Crippen molar-refractivity contribution in [2.75, 3.05) is 0 Å². The summed E-state index contributed by atoms with van der Waals surface area (Å²) in [5.74, 6) is 0. The minimum Gasteiger partial charge on any atom is -0.175 e. The summed E-state index contributed by atoms with van der Waals surface area (Å²) in [5, 5.41) is 0.257. The van der Waals surface area contributed by atoms with Crippen molar-refractivity contribution in [1.82, 2.24) is 0 Å². The molecule has 17 heavy (non-hydrogen) atoms. The van der Waals surface area contributed by atoms with Gasteiger partial charge in [0.1, 0.15) is 0 Å². The second-order valence-electron chi connectivity index (χ2n) is 4.61. The molecule has 0 spiro atoms. The lowest BCUT2D eigenvalue weighted by Gasteiger charge is -2.34. The summed E-state index contributed by atoms with van der Waals surface area (Å²) >= 11 is 4.70. The predicted octanol–water partition coefficient (Wildman–Crippen LogP) is 4.31. The summed E-state index contributed by atoms with van der Waals surface area (Å²) in [6, 6.07) is 21.2. The van der Waals surface area contributed by atoms with Gasteiger partial charge in [0.2, 0.25) is 0 Å². The van der Waals surface area contributed by atoms with Crippen LogP contribution in [-0.4, -0.2) is 5.25 Å². The van der Waals surface area contributed by atoms with E-state index in [4.69, 9.17) is 12.6 Å². The van der Waals surface area contributed by atoms with Crippen molar-refractivity contribution in [2.24, 2.45) is 0 Å². The van der Waals surface area contributed by atoms with Crippen molar-refractivity contribution in [3.63, 3.8) is 0 Å². The molecule has 1 unspecified atom stereocenters. The average Bonchev–Trinajstić information content (AvgIpc) is 2.39. The first-order valence-electron chi connectivity index (χ1n) is 5.95. The van der Waals surface area contributed by atoms with Gasteiger partial charge in [-0.2, -0.15) is 12.6 Å². The molecule has 2 aromatic carbocycles. The van der Waals surface area contributed by atoms with Crippen LogP contribution in [-0.2, 0) is 5.41 Å². The topological polar surface area (TPSA) is 0 Å². The van der Waals surface area contributed by atoms with E-state index in [9.17, 15) is 0 Å². The van der Waals surface area contributed by atoms with Crippen LogP contribution < -0.4 is 0 Å². The highest BCUT2D eigenvalue weighted by Crippen LogP contribution is 2.37. The Labute approximate surface area is 109 Å². The molecule has 0 aromatic heterocycles. The summed E-state index contributed by atoms with van der Waals surface area (Å²) in [6.07, 6.45) is 0. The van der Waals surface area contributed by atoms with Crippen LogP contribution >= 0.6 is 12.6 Å². The van der Waals surface area contributed by atoms with Gasteiger partial charge in [-0.1, -0.05) is 74.5 Å².